The second-order valence-electron chi connectivity index (χ2n) is 5.13. The van der Waals surface area contributed by atoms with Crippen molar-refractivity contribution < 1.29 is 13.6 Å². The summed E-state index contributed by atoms with van der Waals surface area (Å²) in [5, 5.41) is 3.05. The Labute approximate surface area is 128 Å². The van der Waals surface area contributed by atoms with Crippen LogP contribution in [0, 0.1) is 11.6 Å². The molecule has 0 spiro atoms. The van der Waals surface area contributed by atoms with Gasteiger partial charge >= 0.3 is 0 Å². The standard InChI is InChI=1S/C17H18F2N2O/c1-11(17-15(18)5-4-6-16(17)19)20-13-7-9-14(10-8-13)21(3)12(2)22/h4-11,20H,1-3H3/t11-/m1/s1. The second-order valence-corrected chi connectivity index (χ2v) is 5.13. The smallest absolute Gasteiger partial charge is 0.223 e. The first-order valence-corrected chi connectivity index (χ1v) is 6.95. The first kappa shape index (κ1) is 15.9. The van der Waals surface area contributed by atoms with Gasteiger partial charge in [0, 0.05) is 30.9 Å². The van der Waals surface area contributed by atoms with Gasteiger partial charge in [-0.2, -0.15) is 0 Å². The van der Waals surface area contributed by atoms with Crippen LogP contribution in [0.3, 0.4) is 0 Å². The van der Waals surface area contributed by atoms with Crippen LogP contribution in [0.25, 0.3) is 0 Å². The number of amides is 1. The Morgan fingerprint density at radius 2 is 1.64 bits per heavy atom. The summed E-state index contributed by atoms with van der Waals surface area (Å²) in [6.07, 6.45) is 0. The van der Waals surface area contributed by atoms with Gasteiger partial charge in [0.05, 0.1) is 6.04 Å². The van der Waals surface area contributed by atoms with Crippen LogP contribution < -0.4 is 10.2 Å². The quantitative estimate of drug-likeness (QED) is 0.921. The lowest BCUT2D eigenvalue weighted by molar-refractivity contribution is -0.116. The molecule has 0 heterocycles. The molecule has 3 nitrogen and oxygen atoms in total. The first-order valence-electron chi connectivity index (χ1n) is 6.95. The van der Waals surface area contributed by atoms with E-state index in [-0.39, 0.29) is 11.5 Å². The van der Waals surface area contributed by atoms with Gasteiger partial charge in [-0.25, -0.2) is 8.78 Å². The van der Waals surface area contributed by atoms with Gasteiger partial charge in [0.15, 0.2) is 0 Å². The van der Waals surface area contributed by atoms with Gasteiger partial charge in [0.1, 0.15) is 11.6 Å². The molecule has 1 amide bonds. The molecule has 2 aromatic rings. The molecule has 0 aliphatic heterocycles. The van der Waals surface area contributed by atoms with E-state index in [1.807, 2.05) is 0 Å². The minimum atomic E-state index is -0.576. The van der Waals surface area contributed by atoms with Gasteiger partial charge in [0.25, 0.3) is 0 Å². The lowest BCUT2D eigenvalue weighted by Gasteiger charge is -2.19. The Kier molecular flexibility index (Phi) is 4.75. The third-order valence-corrected chi connectivity index (χ3v) is 3.54. The number of halogens is 2. The molecule has 2 aromatic carbocycles. The number of benzene rings is 2. The Morgan fingerprint density at radius 1 is 1.09 bits per heavy atom. The molecule has 0 fully saturated rings. The molecular formula is C17H18F2N2O. The van der Waals surface area contributed by atoms with Crippen LogP contribution in [-0.2, 0) is 4.79 Å². The summed E-state index contributed by atoms with van der Waals surface area (Å²) in [7, 11) is 1.68. The van der Waals surface area contributed by atoms with E-state index in [2.05, 4.69) is 5.32 Å². The zero-order valence-corrected chi connectivity index (χ0v) is 12.7. The molecule has 0 saturated heterocycles. The van der Waals surface area contributed by atoms with Crippen molar-refractivity contribution in [2.75, 3.05) is 17.3 Å². The Hall–Kier alpha value is -2.43. The number of nitrogens with zero attached hydrogens (tertiary/aromatic N) is 1. The van der Waals surface area contributed by atoms with Crippen LogP contribution >= 0.6 is 0 Å². The number of anilines is 2. The highest BCUT2D eigenvalue weighted by Crippen LogP contribution is 2.25. The average molecular weight is 304 g/mol. The van der Waals surface area contributed by atoms with Crippen molar-refractivity contribution in [3.63, 3.8) is 0 Å². The summed E-state index contributed by atoms with van der Waals surface area (Å²) in [5.41, 5.74) is 1.48. The fraction of sp³-hybridized carbons (Fsp3) is 0.235. The van der Waals surface area contributed by atoms with E-state index in [4.69, 9.17) is 0 Å². The monoisotopic (exact) mass is 304 g/mol. The zero-order valence-electron chi connectivity index (χ0n) is 12.7. The molecule has 0 bridgehead atoms. The molecule has 0 aliphatic carbocycles. The van der Waals surface area contributed by atoms with Crippen LogP contribution in [0.15, 0.2) is 42.5 Å². The second kappa shape index (κ2) is 6.56. The largest absolute Gasteiger partial charge is 0.378 e. The highest BCUT2D eigenvalue weighted by atomic mass is 19.1. The van der Waals surface area contributed by atoms with Crippen molar-refractivity contribution in [2.45, 2.75) is 19.9 Å². The van der Waals surface area contributed by atoms with Crippen molar-refractivity contribution in [2.24, 2.45) is 0 Å². The predicted molar refractivity (Wildman–Crippen MR) is 83.9 cm³/mol. The molecule has 0 saturated carbocycles. The molecule has 22 heavy (non-hydrogen) atoms. The van der Waals surface area contributed by atoms with Crippen molar-refractivity contribution in [1.29, 1.82) is 0 Å². The van der Waals surface area contributed by atoms with Gasteiger partial charge in [-0.1, -0.05) is 6.07 Å². The summed E-state index contributed by atoms with van der Waals surface area (Å²) in [4.78, 5) is 12.8. The number of rotatable bonds is 4. The van der Waals surface area contributed by atoms with E-state index < -0.39 is 17.7 Å². The highest BCUT2D eigenvalue weighted by Gasteiger charge is 2.15. The number of nitrogens with one attached hydrogen (secondary N) is 1. The highest BCUT2D eigenvalue weighted by molar-refractivity contribution is 5.91. The van der Waals surface area contributed by atoms with Crippen LogP contribution in [0.2, 0.25) is 0 Å². The number of carbonyl (C=O) groups is 1. The molecule has 0 radical (unpaired) electrons. The maximum Gasteiger partial charge on any atom is 0.223 e. The van der Waals surface area contributed by atoms with Crippen molar-refractivity contribution in [3.8, 4) is 0 Å². The molecular weight excluding hydrogens is 286 g/mol. The van der Waals surface area contributed by atoms with Gasteiger partial charge in [-0.05, 0) is 43.3 Å². The van der Waals surface area contributed by atoms with E-state index in [1.54, 1.807) is 38.2 Å². The SMILES string of the molecule is CC(=O)N(C)c1ccc(N[C@H](C)c2c(F)cccc2F)cc1. The van der Waals surface area contributed by atoms with Gasteiger partial charge in [-0.15, -0.1) is 0 Å². The predicted octanol–water partition coefficient (Wildman–Crippen LogP) is 4.12. The maximum absolute atomic E-state index is 13.7. The molecule has 2 rings (SSSR count). The molecule has 116 valence electrons. The Bertz CT molecular complexity index is 651. The van der Waals surface area contributed by atoms with Gasteiger partial charge in [0.2, 0.25) is 5.91 Å². The lowest BCUT2D eigenvalue weighted by Crippen LogP contribution is -2.22. The minimum Gasteiger partial charge on any atom is -0.378 e. The Balaban J connectivity index is 2.15. The summed E-state index contributed by atoms with van der Waals surface area (Å²) in [6.45, 7) is 3.17. The summed E-state index contributed by atoms with van der Waals surface area (Å²) in [5.74, 6) is -1.22. The fourth-order valence-corrected chi connectivity index (χ4v) is 2.21. The van der Waals surface area contributed by atoms with E-state index in [9.17, 15) is 13.6 Å². The van der Waals surface area contributed by atoms with Crippen LogP contribution in [0.5, 0.6) is 0 Å². The summed E-state index contributed by atoms with van der Waals surface area (Å²) in [6, 6.07) is 10.4. The molecule has 5 heteroatoms. The molecule has 1 N–H and O–H groups in total. The van der Waals surface area contributed by atoms with E-state index in [1.165, 1.54) is 30.0 Å². The summed E-state index contributed by atoms with van der Waals surface area (Å²) < 4.78 is 27.5. The van der Waals surface area contributed by atoms with Crippen molar-refractivity contribution in [3.05, 3.63) is 59.7 Å². The molecule has 0 unspecified atom stereocenters. The third-order valence-electron chi connectivity index (χ3n) is 3.54. The van der Waals surface area contributed by atoms with Gasteiger partial charge < -0.3 is 10.2 Å². The number of carbonyl (C=O) groups excluding carboxylic acids is 1. The van der Waals surface area contributed by atoms with E-state index in [0.717, 1.165) is 11.4 Å². The van der Waals surface area contributed by atoms with Crippen LogP contribution in [0.4, 0.5) is 20.2 Å². The molecule has 0 aromatic heterocycles. The lowest BCUT2D eigenvalue weighted by atomic mass is 10.1. The minimum absolute atomic E-state index is 0.00688. The van der Waals surface area contributed by atoms with E-state index in [0.29, 0.717) is 0 Å². The maximum atomic E-state index is 13.7. The Morgan fingerprint density at radius 3 is 2.14 bits per heavy atom. The summed E-state index contributed by atoms with van der Waals surface area (Å²) >= 11 is 0. The average Bonchev–Trinajstić information content (AvgIpc) is 2.47. The van der Waals surface area contributed by atoms with Crippen LogP contribution in [0.1, 0.15) is 25.5 Å². The first-order chi connectivity index (χ1) is 10.4. The van der Waals surface area contributed by atoms with Crippen molar-refractivity contribution in [1.82, 2.24) is 0 Å². The topological polar surface area (TPSA) is 32.3 Å². The third kappa shape index (κ3) is 3.42. The number of hydrogen-bond acceptors (Lipinski definition) is 2. The zero-order chi connectivity index (χ0) is 16.3. The normalized spacial score (nSPS) is 11.9. The van der Waals surface area contributed by atoms with E-state index >= 15 is 0 Å². The molecule has 0 aliphatic rings. The molecule has 1 atom stereocenters. The van der Waals surface area contributed by atoms with Gasteiger partial charge in [-0.3, -0.25) is 4.79 Å². The fourth-order valence-electron chi connectivity index (χ4n) is 2.21. The van der Waals surface area contributed by atoms with Crippen molar-refractivity contribution >= 4 is 17.3 Å². The number of hydrogen-bond donors (Lipinski definition) is 1. The van der Waals surface area contributed by atoms with Crippen LogP contribution in [-0.4, -0.2) is 13.0 Å².